The van der Waals surface area contributed by atoms with Crippen LogP contribution in [-0.2, 0) is 15.0 Å². The van der Waals surface area contributed by atoms with E-state index in [2.05, 4.69) is 29.8 Å². The molecular weight excluding hydrogens is 515 g/mol. The van der Waals surface area contributed by atoms with Gasteiger partial charge in [0.1, 0.15) is 11.2 Å². The van der Waals surface area contributed by atoms with Crippen molar-refractivity contribution in [1.82, 2.24) is 10.6 Å². The minimum Gasteiger partial charge on any atom is -0.399 e. The Hall–Kier alpha value is -2.64. The van der Waals surface area contributed by atoms with E-state index in [4.69, 9.17) is 17.3 Å². The maximum atomic E-state index is 16.0. The van der Waals surface area contributed by atoms with E-state index in [9.17, 15) is 9.59 Å². The van der Waals surface area contributed by atoms with Crippen molar-refractivity contribution in [3.8, 4) is 0 Å². The van der Waals surface area contributed by atoms with Gasteiger partial charge in [0, 0.05) is 28.9 Å². The number of carbonyl (C=O) groups is 2. The molecule has 3 atom stereocenters. The van der Waals surface area contributed by atoms with Crippen LogP contribution < -0.4 is 21.7 Å². The van der Waals surface area contributed by atoms with Gasteiger partial charge in [0.25, 0.3) is 0 Å². The number of nitrogen functional groups attached to an aromatic ring is 1. The van der Waals surface area contributed by atoms with E-state index in [1.54, 1.807) is 24.3 Å². The largest absolute Gasteiger partial charge is 0.399 e. The lowest BCUT2D eigenvalue weighted by atomic mass is 9.53. The van der Waals surface area contributed by atoms with Crippen LogP contribution >= 0.6 is 11.6 Å². The van der Waals surface area contributed by atoms with Crippen molar-refractivity contribution in [3.05, 3.63) is 58.4 Å². The van der Waals surface area contributed by atoms with Crippen LogP contribution in [0.4, 0.5) is 15.8 Å². The maximum absolute atomic E-state index is 16.0. The van der Waals surface area contributed by atoms with Crippen LogP contribution in [0.15, 0.2) is 36.4 Å². The molecule has 2 heterocycles. The van der Waals surface area contributed by atoms with E-state index in [1.165, 1.54) is 12.5 Å². The van der Waals surface area contributed by atoms with Gasteiger partial charge >= 0.3 is 0 Å². The number of hydrogen-bond acceptors (Lipinski definition) is 4. The summed E-state index contributed by atoms with van der Waals surface area (Å²) in [6.45, 7) is 4.48. The monoisotopic (exact) mass is 552 g/mol. The summed E-state index contributed by atoms with van der Waals surface area (Å²) in [5, 5.41) is 10.1. The van der Waals surface area contributed by atoms with E-state index in [-0.39, 0.29) is 28.3 Å². The third kappa shape index (κ3) is 4.07. The second-order valence-corrected chi connectivity index (χ2v) is 13.3. The molecule has 1 unspecified atom stereocenters. The molecule has 4 aliphatic rings. The molecule has 39 heavy (non-hydrogen) atoms. The first-order valence-electron chi connectivity index (χ1n) is 14.3. The molecule has 2 aromatic carbocycles. The summed E-state index contributed by atoms with van der Waals surface area (Å²) in [4.78, 5) is 28.6. The molecule has 1 saturated heterocycles. The number of nitrogens with two attached hydrogens (primary N) is 1. The van der Waals surface area contributed by atoms with Crippen molar-refractivity contribution in [2.75, 3.05) is 11.1 Å². The number of halogens is 2. The third-order valence-corrected chi connectivity index (χ3v) is 10.4. The summed E-state index contributed by atoms with van der Waals surface area (Å²) in [5.41, 5.74) is 6.50. The number of carbonyl (C=O) groups excluding carboxylic acids is 2. The van der Waals surface area contributed by atoms with Crippen LogP contribution in [-0.4, -0.2) is 29.4 Å². The smallest absolute Gasteiger partial charge is 0.238 e. The molecule has 2 spiro atoms. The Bertz CT molecular complexity index is 1310. The molecule has 3 fully saturated rings. The molecule has 6 rings (SSSR count). The number of hydrogen-bond donors (Lipinski definition) is 4. The van der Waals surface area contributed by atoms with Crippen LogP contribution in [0.1, 0.15) is 88.7 Å². The molecule has 8 heteroatoms. The third-order valence-electron chi connectivity index (χ3n) is 10.1. The zero-order chi connectivity index (χ0) is 27.6. The lowest BCUT2D eigenvalue weighted by Gasteiger charge is -2.50. The van der Waals surface area contributed by atoms with Crippen molar-refractivity contribution >= 4 is 34.8 Å². The number of rotatable bonds is 3. The first-order valence-corrected chi connectivity index (χ1v) is 14.7. The average molecular weight is 553 g/mol. The van der Waals surface area contributed by atoms with Crippen LogP contribution in [0, 0.1) is 11.2 Å². The van der Waals surface area contributed by atoms with Gasteiger partial charge in [0.05, 0.1) is 11.1 Å². The average Bonchev–Trinajstić information content (AvgIpc) is 3.36. The first-order chi connectivity index (χ1) is 18.6. The van der Waals surface area contributed by atoms with Crippen molar-refractivity contribution in [2.45, 2.75) is 101 Å². The fourth-order valence-corrected chi connectivity index (χ4v) is 8.18. The first kappa shape index (κ1) is 26.6. The molecule has 208 valence electrons. The predicted octanol–water partition coefficient (Wildman–Crippen LogP) is 5.79. The van der Waals surface area contributed by atoms with E-state index >= 15 is 4.39 Å². The Morgan fingerprint density at radius 2 is 1.79 bits per heavy atom. The summed E-state index contributed by atoms with van der Waals surface area (Å²) in [5.74, 6) is -1.77. The quantitative estimate of drug-likeness (QED) is 0.362. The lowest BCUT2D eigenvalue weighted by Crippen LogP contribution is -2.61. The second kappa shape index (κ2) is 9.48. The van der Waals surface area contributed by atoms with Gasteiger partial charge in [-0.3, -0.25) is 14.9 Å². The van der Waals surface area contributed by atoms with Gasteiger partial charge in [-0.15, -0.1) is 0 Å². The zero-order valence-electron chi connectivity index (χ0n) is 22.7. The van der Waals surface area contributed by atoms with E-state index in [1.807, 2.05) is 6.07 Å². The maximum Gasteiger partial charge on any atom is 0.238 e. The molecule has 2 aliphatic carbocycles. The van der Waals surface area contributed by atoms with Crippen molar-refractivity contribution in [2.24, 2.45) is 5.41 Å². The molecular formula is C31H38ClFN4O2. The molecule has 2 aromatic rings. The fraction of sp³-hybridized carbons (Fsp3) is 0.548. The highest BCUT2D eigenvalue weighted by Crippen LogP contribution is 2.64. The van der Waals surface area contributed by atoms with Crippen LogP contribution in [0.2, 0.25) is 5.02 Å². The number of benzene rings is 2. The number of amides is 2. The molecule has 2 saturated carbocycles. The number of nitrogens with one attached hydrogen (secondary N) is 3. The summed E-state index contributed by atoms with van der Waals surface area (Å²) in [6.07, 6.45) is 8.31. The highest BCUT2D eigenvalue weighted by molar-refractivity contribution is 6.30. The van der Waals surface area contributed by atoms with Crippen molar-refractivity contribution in [3.63, 3.8) is 0 Å². The van der Waals surface area contributed by atoms with Crippen LogP contribution in [0.25, 0.3) is 0 Å². The molecule has 6 nitrogen and oxygen atoms in total. The van der Waals surface area contributed by atoms with Gasteiger partial charge < -0.3 is 16.4 Å². The molecule has 0 aromatic heterocycles. The minimum absolute atomic E-state index is 0.0178. The normalized spacial score (nSPS) is 29.4. The SMILES string of the molecule is CC1(C)CCC2(CC1)NC(C(=O)NC1CCCCC1)[C@H](c1cccc(Cl)c1F)[C@]21C(=O)Nc2cc(N)ccc21. The molecule has 0 bridgehead atoms. The summed E-state index contributed by atoms with van der Waals surface area (Å²) >= 11 is 6.33. The molecule has 2 aliphatic heterocycles. The van der Waals surface area contributed by atoms with Gasteiger partial charge in [0.15, 0.2) is 0 Å². The fourth-order valence-electron chi connectivity index (χ4n) is 8.00. The lowest BCUT2D eigenvalue weighted by molar-refractivity contribution is -0.125. The summed E-state index contributed by atoms with van der Waals surface area (Å²) < 4.78 is 16.0. The van der Waals surface area contributed by atoms with Gasteiger partial charge in [-0.1, -0.05) is 62.9 Å². The highest BCUT2D eigenvalue weighted by atomic mass is 35.5. The van der Waals surface area contributed by atoms with Crippen LogP contribution in [0.5, 0.6) is 0 Å². The minimum atomic E-state index is -1.22. The highest BCUT2D eigenvalue weighted by Gasteiger charge is 2.73. The van der Waals surface area contributed by atoms with E-state index in [0.717, 1.165) is 44.1 Å². The van der Waals surface area contributed by atoms with Gasteiger partial charge in [-0.2, -0.15) is 0 Å². The van der Waals surface area contributed by atoms with Gasteiger partial charge in [-0.25, -0.2) is 4.39 Å². The Balaban J connectivity index is 1.56. The van der Waals surface area contributed by atoms with Gasteiger partial charge in [-0.05, 0) is 73.3 Å². The Labute approximate surface area is 234 Å². The summed E-state index contributed by atoms with van der Waals surface area (Å²) in [7, 11) is 0. The standard InChI is InChI=1S/C31H38ClFN4O2/c1-29(2)13-15-30(16-14-29)31(21-12-11-18(34)17-23(21)36-28(31)39)24(20-9-6-10-22(32)25(20)33)26(37-30)27(38)35-19-7-4-3-5-8-19/h6,9-12,17,19,24,26,37H,3-5,7-8,13-16,34H2,1-2H3,(H,35,38)(H,36,39)/t24-,26?,31+/m0/s1. The second-order valence-electron chi connectivity index (χ2n) is 12.9. The van der Waals surface area contributed by atoms with Gasteiger partial charge in [0.2, 0.25) is 11.8 Å². The topological polar surface area (TPSA) is 96.2 Å². The Kier molecular flexibility index (Phi) is 6.46. The Morgan fingerprint density at radius 1 is 1.08 bits per heavy atom. The number of fused-ring (bicyclic) bond motifs is 3. The van der Waals surface area contributed by atoms with Crippen molar-refractivity contribution < 1.29 is 14.0 Å². The molecule has 5 N–H and O–H groups in total. The Morgan fingerprint density at radius 3 is 2.51 bits per heavy atom. The molecule has 2 amide bonds. The van der Waals surface area contributed by atoms with E-state index < -0.39 is 28.7 Å². The van der Waals surface area contributed by atoms with Crippen LogP contribution in [0.3, 0.4) is 0 Å². The van der Waals surface area contributed by atoms with Crippen molar-refractivity contribution in [1.29, 1.82) is 0 Å². The predicted molar refractivity (Wildman–Crippen MR) is 152 cm³/mol. The number of anilines is 2. The zero-order valence-corrected chi connectivity index (χ0v) is 23.5. The summed E-state index contributed by atoms with van der Waals surface area (Å²) in [6, 6.07) is 9.62. The molecule has 0 radical (unpaired) electrons. The van der Waals surface area contributed by atoms with E-state index in [0.29, 0.717) is 29.8 Å².